The lowest BCUT2D eigenvalue weighted by atomic mass is 9.82. The van der Waals surface area contributed by atoms with E-state index < -0.39 is 0 Å². The molecule has 16 heavy (non-hydrogen) atoms. The zero-order chi connectivity index (χ0) is 11.7. The van der Waals surface area contributed by atoms with Gasteiger partial charge in [0.15, 0.2) is 0 Å². The molecule has 0 unspecified atom stereocenters. The summed E-state index contributed by atoms with van der Waals surface area (Å²) in [4.78, 5) is 22.8. The number of carbonyl (C=O) groups excluding carboxylic acids is 2. The molecule has 1 aromatic rings. The van der Waals surface area contributed by atoms with E-state index in [1.165, 1.54) is 5.56 Å². The van der Waals surface area contributed by atoms with Gasteiger partial charge < -0.3 is 0 Å². The Bertz CT molecular complexity index is 435. The monoisotopic (exact) mass is 280 g/mol. The van der Waals surface area contributed by atoms with Crippen molar-refractivity contribution in [3.63, 3.8) is 0 Å². The minimum Gasteiger partial charge on any atom is -0.299 e. The maximum absolute atomic E-state index is 11.4. The molecule has 0 spiro atoms. The summed E-state index contributed by atoms with van der Waals surface area (Å²) in [7, 11) is 0. The van der Waals surface area contributed by atoms with E-state index in [2.05, 4.69) is 15.9 Å². The predicted molar refractivity (Wildman–Crippen MR) is 65.5 cm³/mol. The molecule has 1 aromatic carbocycles. The van der Waals surface area contributed by atoms with Crippen LogP contribution in [0.2, 0.25) is 0 Å². The fourth-order valence-corrected chi connectivity index (χ4v) is 2.99. The molecule has 0 aliphatic heterocycles. The highest BCUT2D eigenvalue weighted by molar-refractivity contribution is 9.10. The first-order chi connectivity index (χ1) is 7.56. The third-order valence-corrected chi connectivity index (χ3v) is 3.63. The lowest BCUT2D eigenvalue weighted by molar-refractivity contribution is -0.130. The van der Waals surface area contributed by atoms with Crippen LogP contribution in [-0.2, 0) is 9.59 Å². The molecule has 3 heteroatoms. The van der Waals surface area contributed by atoms with E-state index in [9.17, 15) is 9.59 Å². The second-order valence-electron chi connectivity index (χ2n) is 4.38. The van der Waals surface area contributed by atoms with Crippen molar-refractivity contribution >= 4 is 27.5 Å². The van der Waals surface area contributed by atoms with E-state index in [1.807, 2.05) is 25.1 Å². The molecule has 0 heterocycles. The SMILES string of the molecule is Cc1ccc(C2CC(=O)CC(=O)C2)c(Br)c1. The molecule has 0 radical (unpaired) electrons. The number of rotatable bonds is 1. The Kier molecular flexibility index (Phi) is 3.24. The summed E-state index contributed by atoms with van der Waals surface area (Å²) in [6.07, 6.45) is 1.11. The number of halogens is 1. The van der Waals surface area contributed by atoms with E-state index in [0.717, 1.165) is 10.0 Å². The van der Waals surface area contributed by atoms with Crippen molar-refractivity contribution in [3.8, 4) is 0 Å². The number of Topliss-reactive ketones (excluding diaryl/α,β-unsaturated/α-hetero) is 2. The summed E-state index contributed by atoms with van der Waals surface area (Å²) in [6, 6.07) is 6.05. The minimum absolute atomic E-state index is 0.0590. The Labute approximate surface area is 103 Å². The van der Waals surface area contributed by atoms with Crippen LogP contribution in [0.3, 0.4) is 0 Å². The molecule has 84 valence electrons. The Morgan fingerprint density at radius 3 is 2.38 bits per heavy atom. The quantitative estimate of drug-likeness (QED) is 0.741. The maximum atomic E-state index is 11.4. The van der Waals surface area contributed by atoms with Crippen molar-refractivity contribution in [2.45, 2.75) is 32.1 Å². The Morgan fingerprint density at radius 2 is 1.81 bits per heavy atom. The summed E-state index contributed by atoms with van der Waals surface area (Å²) < 4.78 is 1.00. The number of hydrogen-bond donors (Lipinski definition) is 0. The topological polar surface area (TPSA) is 34.1 Å². The van der Waals surface area contributed by atoms with Gasteiger partial charge in [-0.2, -0.15) is 0 Å². The molecule has 1 aliphatic rings. The fourth-order valence-electron chi connectivity index (χ4n) is 2.17. The van der Waals surface area contributed by atoms with Gasteiger partial charge in [-0.25, -0.2) is 0 Å². The molecule has 0 bridgehead atoms. The fraction of sp³-hybridized carbons (Fsp3) is 0.385. The third kappa shape index (κ3) is 2.40. The summed E-state index contributed by atoms with van der Waals surface area (Å²) in [5, 5.41) is 0. The van der Waals surface area contributed by atoms with Crippen LogP contribution in [0.1, 0.15) is 36.3 Å². The van der Waals surface area contributed by atoms with Crippen LogP contribution in [0.5, 0.6) is 0 Å². The highest BCUT2D eigenvalue weighted by atomic mass is 79.9. The Morgan fingerprint density at radius 1 is 1.19 bits per heavy atom. The number of aryl methyl sites for hydroxylation is 1. The summed E-state index contributed by atoms with van der Waals surface area (Å²) >= 11 is 3.50. The molecule has 1 fully saturated rings. The van der Waals surface area contributed by atoms with Gasteiger partial charge in [0.25, 0.3) is 0 Å². The average Bonchev–Trinajstić information content (AvgIpc) is 2.15. The lowest BCUT2D eigenvalue weighted by Gasteiger charge is -2.21. The Balaban J connectivity index is 2.29. The van der Waals surface area contributed by atoms with E-state index in [4.69, 9.17) is 0 Å². The molecule has 0 aromatic heterocycles. The van der Waals surface area contributed by atoms with Gasteiger partial charge in [0.2, 0.25) is 0 Å². The zero-order valence-electron chi connectivity index (χ0n) is 9.13. The van der Waals surface area contributed by atoms with Crippen LogP contribution in [0.25, 0.3) is 0 Å². The van der Waals surface area contributed by atoms with Crippen molar-refractivity contribution in [1.82, 2.24) is 0 Å². The van der Waals surface area contributed by atoms with E-state index >= 15 is 0 Å². The first-order valence-corrected chi connectivity index (χ1v) is 6.15. The second-order valence-corrected chi connectivity index (χ2v) is 5.24. The first-order valence-electron chi connectivity index (χ1n) is 5.35. The summed E-state index contributed by atoms with van der Waals surface area (Å²) in [6.45, 7) is 2.02. The van der Waals surface area contributed by atoms with Crippen LogP contribution < -0.4 is 0 Å². The standard InChI is InChI=1S/C13H13BrO2/c1-8-2-3-12(13(14)4-8)9-5-10(15)7-11(16)6-9/h2-4,9H,5-7H2,1H3. The predicted octanol–water partition coefficient (Wildman–Crippen LogP) is 3.16. The van der Waals surface area contributed by atoms with E-state index in [0.29, 0.717) is 12.8 Å². The molecule has 0 atom stereocenters. The minimum atomic E-state index is 0.0590. The summed E-state index contributed by atoms with van der Waals surface area (Å²) in [5.74, 6) is 0.186. The molecular weight excluding hydrogens is 268 g/mol. The number of hydrogen-bond acceptors (Lipinski definition) is 2. The van der Waals surface area contributed by atoms with Crippen molar-refractivity contribution < 1.29 is 9.59 Å². The van der Waals surface area contributed by atoms with Crippen LogP contribution in [-0.4, -0.2) is 11.6 Å². The van der Waals surface area contributed by atoms with Crippen LogP contribution >= 0.6 is 15.9 Å². The molecule has 0 N–H and O–H groups in total. The van der Waals surface area contributed by atoms with Crippen molar-refractivity contribution in [1.29, 1.82) is 0 Å². The van der Waals surface area contributed by atoms with Gasteiger partial charge in [-0.15, -0.1) is 0 Å². The van der Waals surface area contributed by atoms with Gasteiger partial charge in [-0.05, 0) is 30.0 Å². The zero-order valence-corrected chi connectivity index (χ0v) is 10.7. The van der Waals surface area contributed by atoms with Gasteiger partial charge in [0.05, 0.1) is 6.42 Å². The Hall–Kier alpha value is -0.960. The van der Waals surface area contributed by atoms with Crippen molar-refractivity contribution in [2.75, 3.05) is 0 Å². The summed E-state index contributed by atoms with van der Waals surface area (Å²) in [5.41, 5.74) is 2.25. The molecule has 0 amide bonds. The van der Waals surface area contributed by atoms with Crippen molar-refractivity contribution in [2.24, 2.45) is 0 Å². The van der Waals surface area contributed by atoms with Crippen LogP contribution in [0.15, 0.2) is 22.7 Å². The molecule has 0 saturated heterocycles. The van der Waals surface area contributed by atoms with E-state index in [-0.39, 0.29) is 23.9 Å². The van der Waals surface area contributed by atoms with Gasteiger partial charge in [-0.1, -0.05) is 28.1 Å². The molecule has 1 aliphatic carbocycles. The number of carbonyl (C=O) groups is 2. The van der Waals surface area contributed by atoms with Crippen molar-refractivity contribution in [3.05, 3.63) is 33.8 Å². The van der Waals surface area contributed by atoms with Crippen LogP contribution in [0, 0.1) is 6.92 Å². The number of benzene rings is 1. The van der Waals surface area contributed by atoms with Crippen LogP contribution in [0.4, 0.5) is 0 Å². The largest absolute Gasteiger partial charge is 0.299 e. The normalized spacial score (nSPS) is 17.9. The highest BCUT2D eigenvalue weighted by Gasteiger charge is 2.27. The van der Waals surface area contributed by atoms with E-state index in [1.54, 1.807) is 0 Å². The number of ketones is 2. The molecule has 1 saturated carbocycles. The smallest absolute Gasteiger partial charge is 0.140 e. The second kappa shape index (κ2) is 4.50. The third-order valence-electron chi connectivity index (χ3n) is 2.94. The molecule has 2 rings (SSSR count). The van der Waals surface area contributed by atoms with Gasteiger partial charge in [0.1, 0.15) is 11.6 Å². The maximum Gasteiger partial charge on any atom is 0.140 e. The van der Waals surface area contributed by atoms with Gasteiger partial charge in [0, 0.05) is 17.3 Å². The highest BCUT2D eigenvalue weighted by Crippen LogP contribution is 2.34. The lowest BCUT2D eigenvalue weighted by Crippen LogP contribution is -2.21. The molecular formula is C13H13BrO2. The first kappa shape index (κ1) is 11.5. The molecule has 2 nitrogen and oxygen atoms in total. The van der Waals surface area contributed by atoms with Gasteiger partial charge in [-0.3, -0.25) is 9.59 Å². The average molecular weight is 281 g/mol. The van der Waals surface area contributed by atoms with Gasteiger partial charge >= 0.3 is 0 Å².